The van der Waals surface area contributed by atoms with Crippen LogP contribution >= 0.6 is 0 Å². The van der Waals surface area contributed by atoms with Crippen molar-refractivity contribution in [3.8, 4) is 5.88 Å². The normalized spacial score (nSPS) is 11.2. The molecule has 0 bridgehead atoms. The van der Waals surface area contributed by atoms with Gasteiger partial charge in [-0.3, -0.25) is 4.79 Å². The first kappa shape index (κ1) is 15.0. The smallest absolute Gasteiger partial charge is 0.469 e. The molecule has 6 nitrogen and oxygen atoms in total. The summed E-state index contributed by atoms with van der Waals surface area (Å²) in [6.45, 7) is -0.310. The van der Waals surface area contributed by atoms with Crippen molar-refractivity contribution >= 4 is 11.7 Å². The second kappa shape index (κ2) is 5.74. The number of carbonyl (C=O) groups is 1. The Kier molecular flexibility index (Phi) is 4.54. The van der Waals surface area contributed by atoms with Crippen LogP contribution in [0.3, 0.4) is 0 Å². The number of nitrogen functional groups attached to an aromatic ring is 1. The van der Waals surface area contributed by atoms with Crippen molar-refractivity contribution in [2.45, 2.75) is 19.3 Å². The highest BCUT2D eigenvalue weighted by Gasteiger charge is 2.33. The van der Waals surface area contributed by atoms with Crippen LogP contribution in [0.25, 0.3) is 0 Å². The van der Waals surface area contributed by atoms with E-state index in [1.54, 1.807) is 0 Å². The molecule has 19 heavy (non-hydrogen) atoms. The van der Waals surface area contributed by atoms with E-state index >= 15 is 0 Å². The molecule has 0 aliphatic carbocycles. The van der Waals surface area contributed by atoms with Crippen LogP contribution in [0.1, 0.15) is 11.1 Å². The van der Waals surface area contributed by atoms with Crippen molar-refractivity contribution < 1.29 is 27.4 Å². The Morgan fingerprint density at radius 1 is 1.42 bits per heavy atom. The summed E-state index contributed by atoms with van der Waals surface area (Å²) in [5.41, 5.74) is 11.0. The lowest BCUT2D eigenvalue weighted by molar-refractivity contribution is -0.276. The highest BCUT2D eigenvalue weighted by molar-refractivity contribution is 5.75. The Morgan fingerprint density at radius 2 is 2.05 bits per heavy atom. The zero-order valence-electron chi connectivity index (χ0n) is 9.95. The summed E-state index contributed by atoms with van der Waals surface area (Å²) in [5.74, 6) is -1.38. The molecule has 9 heteroatoms. The number of ether oxygens (including phenoxy) is 2. The van der Waals surface area contributed by atoms with Crippen LogP contribution in [0, 0.1) is 0 Å². The van der Waals surface area contributed by atoms with Crippen LogP contribution in [0.2, 0.25) is 0 Å². The van der Waals surface area contributed by atoms with Gasteiger partial charge >= 0.3 is 12.3 Å². The monoisotopic (exact) mass is 279 g/mol. The molecule has 1 aromatic rings. The van der Waals surface area contributed by atoms with E-state index in [1.807, 2.05) is 0 Å². The summed E-state index contributed by atoms with van der Waals surface area (Å²) >= 11 is 0. The van der Waals surface area contributed by atoms with Crippen molar-refractivity contribution in [3.63, 3.8) is 0 Å². The van der Waals surface area contributed by atoms with E-state index < -0.39 is 18.2 Å². The third kappa shape index (κ3) is 3.98. The number of nitrogens with two attached hydrogens (primary N) is 2. The SMILES string of the molecule is COC(=O)Cc1c(N)cnc(OC(F)(F)F)c1CN. The molecular weight excluding hydrogens is 267 g/mol. The largest absolute Gasteiger partial charge is 0.574 e. The summed E-state index contributed by atoms with van der Waals surface area (Å²) in [6.07, 6.45) is -4.25. The highest BCUT2D eigenvalue weighted by Crippen LogP contribution is 2.29. The van der Waals surface area contributed by atoms with E-state index in [2.05, 4.69) is 14.5 Å². The molecular formula is C10H12F3N3O3. The minimum absolute atomic E-state index is 0.0420. The summed E-state index contributed by atoms with van der Waals surface area (Å²) in [7, 11) is 1.15. The molecule has 0 aliphatic heterocycles. The fraction of sp³-hybridized carbons (Fsp3) is 0.400. The first-order valence-corrected chi connectivity index (χ1v) is 5.07. The molecule has 0 spiro atoms. The average molecular weight is 279 g/mol. The minimum atomic E-state index is -4.91. The van der Waals surface area contributed by atoms with Crippen molar-refractivity contribution in [2.24, 2.45) is 5.73 Å². The summed E-state index contributed by atoms with van der Waals surface area (Å²) in [6, 6.07) is 0. The predicted octanol–water partition coefficient (Wildman–Crippen LogP) is 0.737. The number of carbonyl (C=O) groups excluding carboxylic acids is 1. The molecule has 0 saturated carbocycles. The first-order valence-electron chi connectivity index (χ1n) is 5.07. The summed E-state index contributed by atoms with van der Waals surface area (Å²) in [4.78, 5) is 14.6. The molecule has 4 N–H and O–H groups in total. The first-order chi connectivity index (χ1) is 8.78. The Morgan fingerprint density at radius 3 is 2.53 bits per heavy atom. The maximum absolute atomic E-state index is 12.2. The van der Waals surface area contributed by atoms with Gasteiger partial charge in [-0.05, 0) is 5.56 Å². The second-order valence-corrected chi connectivity index (χ2v) is 3.48. The van der Waals surface area contributed by atoms with Crippen LogP contribution in [0.4, 0.5) is 18.9 Å². The Balaban J connectivity index is 3.21. The van der Waals surface area contributed by atoms with Crippen molar-refractivity contribution in [1.82, 2.24) is 4.98 Å². The number of alkyl halides is 3. The summed E-state index contributed by atoms with van der Waals surface area (Å²) in [5, 5.41) is 0. The Bertz CT molecular complexity index is 477. The lowest BCUT2D eigenvalue weighted by Gasteiger charge is -2.15. The highest BCUT2D eigenvalue weighted by atomic mass is 19.4. The number of pyridine rings is 1. The van der Waals surface area contributed by atoms with Crippen molar-refractivity contribution in [1.29, 1.82) is 0 Å². The fourth-order valence-electron chi connectivity index (χ4n) is 1.42. The molecule has 0 saturated heterocycles. The lowest BCUT2D eigenvalue weighted by Crippen LogP contribution is -2.21. The van der Waals surface area contributed by atoms with Crippen molar-refractivity contribution in [2.75, 3.05) is 12.8 Å². The summed E-state index contributed by atoms with van der Waals surface area (Å²) < 4.78 is 44.7. The molecule has 0 amide bonds. The van der Waals surface area contributed by atoms with Gasteiger partial charge in [0.25, 0.3) is 0 Å². The van der Waals surface area contributed by atoms with Crippen LogP contribution in [0.5, 0.6) is 5.88 Å². The van der Waals surface area contributed by atoms with Crippen LogP contribution in [-0.4, -0.2) is 24.4 Å². The lowest BCUT2D eigenvalue weighted by atomic mass is 10.0. The molecule has 106 valence electrons. The topological polar surface area (TPSA) is 100 Å². The van der Waals surface area contributed by atoms with Gasteiger partial charge in [0.05, 0.1) is 25.4 Å². The van der Waals surface area contributed by atoms with E-state index in [9.17, 15) is 18.0 Å². The Labute approximate surface area is 106 Å². The average Bonchev–Trinajstić information content (AvgIpc) is 2.31. The molecule has 1 heterocycles. The predicted molar refractivity (Wildman–Crippen MR) is 58.9 cm³/mol. The number of aromatic nitrogens is 1. The van der Waals surface area contributed by atoms with Gasteiger partial charge in [-0.2, -0.15) is 0 Å². The molecule has 0 atom stereocenters. The number of rotatable bonds is 4. The maximum Gasteiger partial charge on any atom is 0.574 e. The van der Waals surface area contributed by atoms with Crippen LogP contribution < -0.4 is 16.2 Å². The third-order valence-electron chi connectivity index (χ3n) is 2.26. The number of anilines is 1. The molecule has 0 aliphatic rings. The van der Waals surface area contributed by atoms with Crippen LogP contribution in [0.15, 0.2) is 6.20 Å². The molecule has 1 rings (SSSR count). The molecule has 0 fully saturated rings. The molecule has 0 radical (unpaired) electrons. The van der Waals surface area contributed by atoms with Gasteiger partial charge in [-0.25, -0.2) is 4.98 Å². The number of hydrogen-bond donors (Lipinski definition) is 2. The quantitative estimate of drug-likeness (QED) is 0.788. The van der Waals surface area contributed by atoms with E-state index in [0.717, 1.165) is 13.3 Å². The number of hydrogen-bond acceptors (Lipinski definition) is 6. The van der Waals surface area contributed by atoms with Crippen molar-refractivity contribution in [3.05, 3.63) is 17.3 Å². The minimum Gasteiger partial charge on any atom is -0.469 e. The van der Waals surface area contributed by atoms with E-state index in [1.165, 1.54) is 0 Å². The molecule has 0 unspecified atom stereocenters. The number of methoxy groups -OCH3 is 1. The van der Waals surface area contributed by atoms with E-state index in [0.29, 0.717) is 0 Å². The van der Waals surface area contributed by atoms with E-state index in [4.69, 9.17) is 11.5 Å². The fourth-order valence-corrected chi connectivity index (χ4v) is 1.42. The Hall–Kier alpha value is -2.03. The van der Waals surface area contributed by atoms with Gasteiger partial charge in [-0.15, -0.1) is 13.2 Å². The van der Waals surface area contributed by atoms with Gasteiger partial charge in [-0.1, -0.05) is 0 Å². The van der Waals surface area contributed by atoms with Gasteiger partial charge in [0.15, 0.2) is 0 Å². The zero-order valence-corrected chi connectivity index (χ0v) is 9.95. The number of esters is 1. The maximum atomic E-state index is 12.2. The number of nitrogens with zero attached hydrogens (tertiary/aromatic N) is 1. The van der Waals surface area contributed by atoms with Gasteiger partial charge < -0.3 is 20.9 Å². The van der Waals surface area contributed by atoms with Gasteiger partial charge in [0.1, 0.15) is 0 Å². The molecule has 1 aromatic heterocycles. The van der Waals surface area contributed by atoms with Gasteiger partial charge in [0, 0.05) is 12.1 Å². The zero-order chi connectivity index (χ0) is 14.6. The van der Waals surface area contributed by atoms with E-state index in [-0.39, 0.29) is 29.8 Å². The second-order valence-electron chi connectivity index (χ2n) is 3.48. The standard InChI is InChI=1S/C10H12F3N3O3/c1-18-8(17)2-5-6(3-14)9(16-4-7(5)15)19-10(11,12)13/h4H,2-3,14-15H2,1H3. The van der Waals surface area contributed by atoms with Crippen LogP contribution in [-0.2, 0) is 22.5 Å². The molecule has 0 aromatic carbocycles. The third-order valence-corrected chi connectivity index (χ3v) is 2.26. The van der Waals surface area contributed by atoms with Gasteiger partial charge in [0.2, 0.25) is 5.88 Å². The number of halogens is 3.